The van der Waals surface area contributed by atoms with Crippen LogP contribution in [0.15, 0.2) is 64.4 Å². The Balaban J connectivity index is 1.60. The second-order valence-corrected chi connectivity index (χ2v) is 9.92. The summed E-state index contributed by atoms with van der Waals surface area (Å²) in [4.78, 5) is 0.514. The Hall–Kier alpha value is -1.74. The minimum Gasteiger partial charge on any atom is -0.211 e. The maximum atomic E-state index is 12.5. The Kier molecular flexibility index (Phi) is 5.76. The van der Waals surface area contributed by atoms with Gasteiger partial charge in [-0.05, 0) is 49.1 Å². The second-order valence-electron chi connectivity index (χ2n) is 6.22. The highest BCUT2D eigenvalue weighted by molar-refractivity contribution is 7.89. The zero-order valence-electron chi connectivity index (χ0n) is 14.3. The lowest BCUT2D eigenvalue weighted by atomic mass is 10.2. The average Bonchev–Trinajstić information content (AvgIpc) is 3.18. The first kappa shape index (κ1) is 19.0. The van der Waals surface area contributed by atoms with Crippen molar-refractivity contribution in [3.05, 3.63) is 60.2 Å². The van der Waals surface area contributed by atoms with Gasteiger partial charge in [0.05, 0.1) is 9.79 Å². The van der Waals surface area contributed by atoms with E-state index in [4.69, 9.17) is 0 Å². The molecule has 3 rings (SSSR count). The first-order chi connectivity index (χ1) is 12.4. The van der Waals surface area contributed by atoms with Gasteiger partial charge in [0.1, 0.15) is 0 Å². The van der Waals surface area contributed by atoms with E-state index in [1.807, 2.05) is 0 Å². The quantitative estimate of drug-likeness (QED) is 0.778. The number of nitrogens with one attached hydrogen (secondary N) is 1. The Morgan fingerprint density at radius 2 is 1.42 bits per heavy atom. The molecule has 0 aliphatic carbocycles. The van der Waals surface area contributed by atoms with Crippen LogP contribution in [0.5, 0.6) is 0 Å². The van der Waals surface area contributed by atoms with E-state index < -0.39 is 20.0 Å². The van der Waals surface area contributed by atoms with Crippen LogP contribution < -0.4 is 4.72 Å². The van der Waals surface area contributed by atoms with Crippen LogP contribution in [0, 0.1) is 0 Å². The summed E-state index contributed by atoms with van der Waals surface area (Å²) in [6.45, 7) is 1.39. The number of sulfonamides is 2. The van der Waals surface area contributed by atoms with E-state index in [0.717, 1.165) is 18.4 Å². The first-order valence-electron chi connectivity index (χ1n) is 8.53. The van der Waals surface area contributed by atoms with Crippen LogP contribution >= 0.6 is 0 Å². The summed E-state index contributed by atoms with van der Waals surface area (Å²) in [5.41, 5.74) is 0.876. The summed E-state index contributed by atoms with van der Waals surface area (Å²) in [6, 6.07) is 14.8. The molecule has 1 fully saturated rings. The van der Waals surface area contributed by atoms with Crippen molar-refractivity contribution in [1.29, 1.82) is 0 Å². The normalized spacial score (nSPS) is 16.0. The van der Waals surface area contributed by atoms with Gasteiger partial charge in [0.25, 0.3) is 0 Å². The lowest BCUT2D eigenvalue weighted by Crippen LogP contribution is -2.28. The van der Waals surface area contributed by atoms with Crippen molar-refractivity contribution in [2.24, 2.45) is 0 Å². The molecule has 140 valence electrons. The lowest BCUT2D eigenvalue weighted by molar-refractivity contribution is 0.477. The highest BCUT2D eigenvalue weighted by Crippen LogP contribution is 2.21. The van der Waals surface area contributed by atoms with Gasteiger partial charge in [0.15, 0.2) is 0 Å². The highest BCUT2D eigenvalue weighted by atomic mass is 32.2. The summed E-state index contributed by atoms with van der Waals surface area (Å²) < 4.78 is 53.4. The average molecular weight is 395 g/mol. The van der Waals surface area contributed by atoms with Gasteiger partial charge in [0.2, 0.25) is 20.0 Å². The van der Waals surface area contributed by atoms with E-state index in [1.54, 1.807) is 54.6 Å². The molecular formula is C18H22N2O4S2. The minimum absolute atomic E-state index is 0.229. The van der Waals surface area contributed by atoms with Crippen molar-refractivity contribution in [1.82, 2.24) is 9.03 Å². The van der Waals surface area contributed by atoms with Gasteiger partial charge < -0.3 is 0 Å². The number of nitrogens with zero attached hydrogens (tertiary/aromatic N) is 1. The molecule has 1 saturated heterocycles. The Morgan fingerprint density at radius 1 is 0.808 bits per heavy atom. The zero-order chi connectivity index (χ0) is 18.6. The van der Waals surface area contributed by atoms with E-state index in [2.05, 4.69) is 4.72 Å². The third-order valence-electron chi connectivity index (χ3n) is 4.39. The van der Waals surface area contributed by atoms with Gasteiger partial charge in [0, 0.05) is 19.6 Å². The molecule has 0 spiro atoms. The number of rotatable bonds is 7. The molecule has 2 aromatic rings. The fraction of sp³-hybridized carbons (Fsp3) is 0.333. The summed E-state index contributed by atoms with van der Waals surface area (Å²) in [7, 11) is -6.94. The van der Waals surface area contributed by atoms with E-state index in [1.165, 1.54) is 4.31 Å². The van der Waals surface area contributed by atoms with Crippen molar-refractivity contribution in [2.75, 3.05) is 19.6 Å². The molecule has 0 amide bonds. The Labute approximate surface area is 155 Å². The van der Waals surface area contributed by atoms with Gasteiger partial charge in [-0.15, -0.1) is 0 Å². The fourth-order valence-corrected chi connectivity index (χ4v) is 5.49. The van der Waals surface area contributed by atoms with E-state index in [9.17, 15) is 16.8 Å². The molecule has 26 heavy (non-hydrogen) atoms. The van der Waals surface area contributed by atoms with Gasteiger partial charge in [-0.25, -0.2) is 21.6 Å². The largest absolute Gasteiger partial charge is 0.243 e. The van der Waals surface area contributed by atoms with Crippen molar-refractivity contribution < 1.29 is 16.8 Å². The number of hydrogen-bond donors (Lipinski definition) is 1. The fourth-order valence-electron chi connectivity index (χ4n) is 2.92. The SMILES string of the molecule is O=S(=O)(NCCc1ccc(S(=O)(=O)N2CCCC2)cc1)c1ccccc1. The van der Waals surface area contributed by atoms with Crippen LogP contribution in [0.25, 0.3) is 0 Å². The van der Waals surface area contributed by atoms with E-state index in [-0.39, 0.29) is 16.3 Å². The molecule has 0 atom stereocenters. The second kappa shape index (κ2) is 7.87. The van der Waals surface area contributed by atoms with Crippen LogP contribution in [0.4, 0.5) is 0 Å². The predicted octanol–water partition coefficient (Wildman–Crippen LogP) is 1.99. The third kappa shape index (κ3) is 4.32. The molecule has 0 saturated carbocycles. The molecule has 0 radical (unpaired) electrons. The molecule has 8 heteroatoms. The van der Waals surface area contributed by atoms with Gasteiger partial charge >= 0.3 is 0 Å². The third-order valence-corrected chi connectivity index (χ3v) is 7.78. The first-order valence-corrected chi connectivity index (χ1v) is 11.5. The molecule has 1 heterocycles. The van der Waals surface area contributed by atoms with E-state index in [0.29, 0.717) is 19.5 Å². The van der Waals surface area contributed by atoms with Crippen LogP contribution in [0.2, 0.25) is 0 Å². The Bertz CT molecular complexity index is 934. The number of benzene rings is 2. The van der Waals surface area contributed by atoms with Gasteiger partial charge in [-0.2, -0.15) is 4.31 Å². The molecule has 0 aromatic heterocycles. The molecule has 2 aromatic carbocycles. The van der Waals surface area contributed by atoms with Gasteiger partial charge in [-0.3, -0.25) is 0 Å². The van der Waals surface area contributed by atoms with Gasteiger partial charge in [-0.1, -0.05) is 30.3 Å². The molecule has 6 nitrogen and oxygen atoms in total. The minimum atomic E-state index is -3.53. The topological polar surface area (TPSA) is 83.5 Å². The molecular weight excluding hydrogens is 372 g/mol. The van der Waals surface area contributed by atoms with Crippen molar-refractivity contribution in [3.63, 3.8) is 0 Å². The molecule has 1 N–H and O–H groups in total. The van der Waals surface area contributed by atoms with Crippen LogP contribution in [0.1, 0.15) is 18.4 Å². The standard InChI is InChI=1S/C18H22N2O4S2/c21-25(22,17-6-2-1-3-7-17)19-13-12-16-8-10-18(11-9-16)26(23,24)20-14-4-5-15-20/h1-3,6-11,19H,4-5,12-15H2. The summed E-state index contributed by atoms with van der Waals surface area (Å²) >= 11 is 0. The van der Waals surface area contributed by atoms with Crippen LogP contribution in [-0.2, 0) is 26.5 Å². The van der Waals surface area contributed by atoms with Crippen LogP contribution in [0.3, 0.4) is 0 Å². The van der Waals surface area contributed by atoms with Crippen molar-refractivity contribution in [3.8, 4) is 0 Å². The zero-order valence-corrected chi connectivity index (χ0v) is 16.0. The Morgan fingerprint density at radius 3 is 2.04 bits per heavy atom. The van der Waals surface area contributed by atoms with Crippen molar-refractivity contribution in [2.45, 2.75) is 29.1 Å². The predicted molar refractivity (Wildman–Crippen MR) is 99.8 cm³/mol. The summed E-state index contributed by atoms with van der Waals surface area (Å²) in [6.07, 6.45) is 2.29. The lowest BCUT2D eigenvalue weighted by Gasteiger charge is -2.15. The summed E-state index contributed by atoms with van der Waals surface area (Å²) in [5, 5.41) is 0. The van der Waals surface area contributed by atoms with Crippen molar-refractivity contribution >= 4 is 20.0 Å². The maximum Gasteiger partial charge on any atom is 0.243 e. The molecule has 1 aliphatic rings. The monoisotopic (exact) mass is 394 g/mol. The van der Waals surface area contributed by atoms with E-state index >= 15 is 0 Å². The number of hydrogen-bond acceptors (Lipinski definition) is 4. The smallest absolute Gasteiger partial charge is 0.211 e. The summed E-state index contributed by atoms with van der Waals surface area (Å²) in [5.74, 6) is 0. The highest BCUT2D eigenvalue weighted by Gasteiger charge is 2.26. The van der Waals surface area contributed by atoms with Crippen LogP contribution in [-0.4, -0.2) is 40.8 Å². The maximum absolute atomic E-state index is 12.5. The molecule has 0 bridgehead atoms. The molecule has 1 aliphatic heterocycles. The molecule has 0 unspecified atom stereocenters.